The molecular weight excluding hydrogens is 432 g/mol. The molecule has 0 saturated carbocycles. The van der Waals surface area contributed by atoms with Crippen LogP contribution in [-0.4, -0.2) is 42.7 Å². The van der Waals surface area contributed by atoms with Crippen molar-refractivity contribution in [1.82, 2.24) is 4.72 Å². The molecule has 0 spiro atoms. The van der Waals surface area contributed by atoms with Gasteiger partial charge in [-0.3, -0.25) is 4.79 Å². The van der Waals surface area contributed by atoms with Gasteiger partial charge in [0.05, 0.1) is 30.6 Å². The molecule has 0 bridgehead atoms. The van der Waals surface area contributed by atoms with Crippen LogP contribution < -0.4 is 18.5 Å². The van der Waals surface area contributed by atoms with Crippen molar-refractivity contribution >= 4 is 31.6 Å². The Morgan fingerprint density at radius 1 is 1.07 bits per heavy atom. The molecule has 1 heterocycles. The number of nitrogens with zero attached hydrogens (tertiary/aromatic N) is 1. The van der Waals surface area contributed by atoms with E-state index in [-0.39, 0.29) is 29.3 Å². The molecule has 0 aromatic heterocycles. The number of carbonyl (C=O) groups is 1. The molecule has 1 N–H and O–H groups in total. The maximum atomic E-state index is 12.8. The molecule has 0 unspecified atom stereocenters. The maximum Gasteiger partial charge on any atom is 0.242 e. The number of aryl methyl sites for hydroxylation is 1. The molecule has 2 aromatic carbocycles. The van der Waals surface area contributed by atoms with E-state index in [1.165, 1.54) is 32.4 Å². The molecule has 9 nitrogen and oxygen atoms in total. The number of nitrogens with one attached hydrogen (secondary N) is 1. The van der Waals surface area contributed by atoms with Crippen molar-refractivity contribution in [3.05, 3.63) is 47.5 Å². The van der Waals surface area contributed by atoms with Gasteiger partial charge in [-0.15, -0.1) is 0 Å². The third kappa shape index (κ3) is 4.27. The Morgan fingerprint density at radius 3 is 2.33 bits per heavy atom. The molecule has 3 rings (SSSR count). The van der Waals surface area contributed by atoms with Gasteiger partial charge in [-0.05, 0) is 48.4 Å². The molecular formula is C19H22N2O7S2. The molecule has 1 amide bonds. The summed E-state index contributed by atoms with van der Waals surface area (Å²) in [7, 11) is -4.60. The summed E-state index contributed by atoms with van der Waals surface area (Å²) in [4.78, 5) is 11.9. The highest BCUT2D eigenvalue weighted by molar-refractivity contribution is 7.94. The number of hydrogen-bond acceptors (Lipinski definition) is 7. The number of hydrogen-bond donors (Lipinski definition) is 1. The summed E-state index contributed by atoms with van der Waals surface area (Å²) in [5, 5.41) is 0. The van der Waals surface area contributed by atoms with Gasteiger partial charge in [0, 0.05) is 13.0 Å². The van der Waals surface area contributed by atoms with Crippen LogP contribution in [0.4, 0.5) is 5.69 Å². The largest absolute Gasteiger partial charge is 0.493 e. The van der Waals surface area contributed by atoms with Gasteiger partial charge in [0.2, 0.25) is 26.0 Å². The minimum atomic E-state index is -3.88. The van der Waals surface area contributed by atoms with Crippen molar-refractivity contribution in [2.75, 3.05) is 24.3 Å². The molecule has 162 valence electrons. The van der Waals surface area contributed by atoms with Gasteiger partial charge in [-0.1, -0.05) is 6.07 Å². The van der Waals surface area contributed by atoms with E-state index in [1.54, 1.807) is 25.1 Å². The number of sulfonamides is 2. The van der Waals surface area contributed by atoms with Crippen LogP contribution in [0.2, 0.25) is 0 Å². The second-order valence-corrected chi connectivity index (χ2v) is 10.4. The van der Waals surface area contributed by atoms with Gasteiger partial charge in [0.15, 0.2) is 11.5 Å². The van der Waals surface area contributed by atoms with Gasteiger partial charge in [-0.25, -0.2) is 25.9 Å². The van der Waals surface area contributed by atoms with Crippen molar-refractivity contribution in [2.24, 2.45) is 0 Å². The van der Waals surface area contributed by atoms with Crippen LogP contribution in [0.15, 0.2) is 41.3 Å². The number of ether oxygens (including phenoxy) is 2. The van der Waals surface area contributed by atoms with Crippen molar-refractivity contribution < 1.29 is 31.1 Å². The number of rotatable bonds is 7. The Labute approximate surface area is 175 Å². The first-order chi connectivity index (χ1) is 14.1. The predicted octanol–water partition coefficient (Wildman–Crippen LogP) is 1.56. The summed E-state index contributed by atoms with van der Waals surface area (Å²) in [6.07, 6.45) is -0.0890. The molecule has 11 heteroatoms. The lowest BCUT2D eigenvalue weighted by molar-refractivity contribution is -0.116. The number of carbonyl (C=O) groups excluding carboxylic acids is 1. The summed E-state index contributed by atoms with van der Waals surface area (Å²) >= 11 is 0. The quantitative estimate of drug-likeness (QED) is 0.674. The Kier molecular flexibility index (Phi) is 6.06. The topological polar surface area (TPSA) is 119 Å². The van der Waals surface area contributed by atoms with E-state index < -0.39 is 26.0 Å². The SMILES string of the molecule is COc1ccc(CNS(=O)(=O)c2ccc(N3C(=O)CCS3(=O)=O)cc2C)cc1OC. The van der Waals surface area contributed by atoms with Crippen molar-refractivity contribution in [1.29, 1.82) is 0 Å². The monoisotopic (exact) mass is 454 g/mol. The first-order valence-corrected chi connectivity index (χ1v) is 12.1. The van der Waals surface area contributed by atoms with E-state index in [9.17, 15) is 21.6 Å². The molecule has 1 saturated heterocycles. The van der Waals surface area contributed by atoms with Crippen molar-refractivity contribution in [3.8, 4) is 11.5 Å². The van der Waals surface area contributed by atoms with E-state index in [1.807, 2.05) is 0 Å². The lowest BCUT2D eigenvalue weighted by atomic mass is 10.2. The van der Waals surface area contributed by atoms with Gasteiger partial charge in [0.1, 0.15) is 0 Å². The first kappa shape index (κ1) is 22.1. The van der Waals surface area contributed by atoms with Crippen LogP contribution in [0.25, 0.3) is 0 Å². The molecule has 1 aliphatic rings. The Hall–Kier alpha value is -2.63. The first-order valence-electron chi connectivity index (χ1n) is 8.96. The summed E-state index contributed by atoms with van der Waals surface area (Å²) < 4.78 is 63.3. The van der Waals surface area contributed by atoms with Gasteiger partial charge in [-0.2, -0.15) is 0 Å². The fourth-order valence-electron chi connectivity index (χ4n) is 3.18. The van der Waals surface area contributed by atoms with Crippen molar-refractivity contribution in [2.45, 2.75) is 24.8 Å². The lowest BCUT2D eigenvalue weighted by Crippen LogP contribution is -2.29. The fraction of sp³-hybridized carbons (Fsp3) is 0.316. The zero-order chi connectivity index (χ0) is 22.1. The van der Waals surface area contributed by atoms with Crippen LogP contribution in [-0.2, 0) is 31.4 Å². The highest BCUT2D eigenvalue weighted by Crippen LogP contribution is 2.29. The van der Waals surface area contributed by atoms with Gasteiger partial charge < -0.3 is 9.47 Å². The zero-order valence-corrected chi connectivity index (χ0v) is 18.3. The average Bonchev–Trinajstić information content (AvgIpc) is 2.98. The molecule has 2 aromatic rings. The molecule has 1 fully saturated rings. The highest BCUT2D eigenvalue weighted by Gasteiger charge is 2.36. The third-order valence-electron chi connectivity index (χ3n) is 4.68. The van der Waals surface area contributed by atoms with E-state index >= 15 is 0 Å². The number of anilines is 1. The third-order valence-corrected chi connectivity index (χ3v) is 7.93. The standard InChI is InChI=1S/C19H22N2O7S2/c1-13-10-15(21-19(22)8-9-29(21,23)24)5-7-18(13)30(25,26)20-12-14-4-6-16(27-2)17(11-14)28-3/h4-7,10-11,20H,8-9,12H2,1-3H3. The molecule has 30 heavy (non-hydrogen) atoms. The normalized spacial score (nSPS) is 16.0. The Bertz CT molecular complexity index is 1190. The fourth-order valence-corrected chi connectivity index (χ4v) is 5.87. The highest BCUT2D eigenvalue weighted by atomic mass is 32.2. The van der Waals surface area contributed by atoms with Gasteiger partial charge in [0.25, 0.3) is 0 Å². The number of amides is 1. The summed E-state index contributed by atoms with van der Waals surface area (Å²) in [6, 6.07) is 9.05. The van der Waals surface area contributed by atoms with Crippen LogP contribution >= 0.6 is 0 Å². The van der Waals surface area contributed by atoms with Crippen LogP contribution in [0, 0.1) is 6.92 Å². The second-order valence-electron chi connectivity index (χ2n) is 6.69. The zero-order valence-electron chi connectivity index (χ0n) is 16.7. The predicted molar refractivity (Wildman–Crippen MR) is 111 cm³/mol. The Morgan fingerprint density at radius 2 is 1.77 bits per heavy atom. The number of methoxy groups -OCH3 is 2. The minimum Gasteiger partial charge on any atom is -0.493 e. The van der Waals surface area contributed by atoms with E-state index in [4.69, 9.17) is 9.47 Å². The van der Waals surface area contributed by atoms with Gasteiger partial charge >= 0.3 is 0 Å². The second kappa shape index (κ2) is 8.25. The molecule has 1 aliphatic heterocycles. The maximum absolute atomic E-state index is 12.8. The molecule has 0 radical (unpaired) electrons. The smallest absolute Gasteiger partial charge is 0.242 e. The van der Waals surface area contributed by atoms with Crippen LogP contribution in [0.3, 0.4) is 0 Å². The summed E-state index contributed by atoms with van der Waals surface area (Å²) in [5.41, 5.74) is 1.12. The van der Waals surface area contributed by atoms with E-state index in [0.717, 1.165) is 4.31 Å². The van der Waals surface area contributed by atoms with E-state index in [0.29, 0.717) is 22.6 Å². The molecule has 0 aliphatic carbocycles. The summed E-state index contributed by atoms with van der Waals surface area (Å²) in [6.45, 7) is 1.56. The average molecular weight is 455 g/mol. The lowest BCUT2D eigenvalue weighted by Gasteiger charge is -2.17. The molecule has 0 atom stereocenters. The van der Waals surface area contributed by atoms with Crippen LogP contribution in [0.1, 0.15) is 17.5 Å². The van der Waals surface area contributed by atoms with E-state index in [2.05, 4.69) is 4.72 Å². The number of benzene rings is 2. The Balaban J connectivity index is 1.82. The van der Waals surface area contributed by atoms with Crippen LogP contribution in [0.5, 0.6) is 11.5 Å². The summed E-state index contributed by atoms with van der Waals surface area (Å²) in [5.74, 6) is 0.224. The van der Waals surface area contributed by atoms with Crippen molar-refractivity contribution in [3.63, 3.8) is 0 Å². The minimum absolute atomic E-state index is 0.00392.